The van der Waals surface area contributed by atoms with E-state index in [2.05, 4.69) is 41.2 Å². The second-order valence-corrected chi connectivity index (χ2v) is 5.25. The first-order chi connectivity index (χ1) is 5.67. The maximum Gasteiger partial charge on any atom is 0.0777 e. The van der Waals surface area contributed by atoms with Crippen molar-refractivity contribution in [2.75, 3.05) is 0 Å². The summed E-state index contributed by atoms with van der Waals surface area (Å²) in [5.41, 5.74) is -0.788. The van der Waals surface area contributed by atoms with E-state index in [1.54, 1.807) is 0 Å². The van der Waals surface area contributed by atoms with Crippen LogP contribution in [0.25, 0.3) is 0 Å². The lowest BCUT2D eigenvalue weighted by molar-refractivity contribution is -0.121. The third kappa shape index (κ3) is 2.14. The molecule has 0 aromatic heterocycles. The lowest BCUT2D eigenvalue weighted by Gasteiger charge is -2.47. The Balaban J connectivity index is 5.07. The predicted octanol–water partition coefficient (Wildman–Crippen LogP) is 3.24. The van der Waals surface area contributed by atoms with E-state index in [0.29, 0.717) is 0 Å². The Morgan fingerprint density at radius 1 is 1.15 bits per heavy atom. The van der Waals surface area contributed by atoms with Gasteiger partial charge in [0.05, 0.1) is 5.60 Å². The van der Waals surface area contributed by atoms with Crippen LogP contribution in [0.15, 0.2) is 12.7 Å². The van der Waals surface area contributed by atoms with E-state index >= 15 is 0 Å². The van der Waals surface area contributed by atoms with Gasteiger partial charge in [-0.15, -0.1) is 6.58 Å². The summed E-state index contributed by atoms with van der Waals surface area (Å²) in [5, 5.41) is 10.6. The molecule has 78 valence electrons. The molecule has 13 heavy (non-hydrogen) atoms. The highest BCUT2D eigenvalue weighted by molar-refractivity contribution is 5.02. The fraction of sp³-hybridized carbons (Fsp3) is 0.833. The molecule has 0 aromatic rings. The van der Waals surface area contributed by atoms with Crippen LogP contribution in [0.3, 0.4) is 0 Å². The molecule has 1 nitrogen and oxygen atoms in total. The van der Waals surface area contributed by atoms with E-state index in [1.807, 2.05) is 13.0 Å². The average Bonchev–Trinajstić information content (AvgIpc) is 1.98. The molecular formula is C12H24O. The minimum atomic E-state index is -0.672. The molecule has 0 aliphatic rings. The third-order valence-electron chi connectivity index (χ3n) is 3.13. The number of hydrogen-bond acceptors (Lipinski definition) is 1. The highest BCUT2D eigenvalue weighted by atomic mass is 16.3. The smallest absolute Gasteiger partial charge is 0.0777 e. The SMILES string of the molecule is C=CC(C)C(O)(C(C)C)C(C)(C)C. The van der Waals surface area contributed by atoms with Gasteiger partial charge in [0, 0.05) is 5.92 Å². The van der Waals surface area contributed by atoms with Crippen LogP contribution in [0.2, 0.25) is 0 Å². The summed E-state index contributed by atoms with van der Waals surface area (Å²) >= 11 is 0. The summed E-state index contributed by atoms with van der Waals surface area (Å²) in [6.45, 7) is 16.1. The molecule has 0 rings (SSSR count). The fourth-order valence-corrected chi connectivity index (χ4v) is 2.25. The molecule has 1 heteroatoms. The van der Waals surface area contributed by atoms with Crippen molar-refractivity contribution >= 4 is 0 Å². The molecule has 0 fully saturated rings. The first-order valence-electron chi connectivity index (χ1n) is 5.02. The molecule has 0 aromatic carbocycles. The van der Waals surface area contributed by atoms with Gasteiger partial charge in [0.15, 0.2) is 0 Å². The molecule has 0 aliphatic carbocycles. The molecule has 0 radical (unpaired) electrons. The zero-order valence-corrected chi connectivity index (χ0v) is 9.89. The monoisotopic (exact) mass is 184 g/mol. The lowest BCUT2D eigenvalue weighted by atomic mass is 9.64. The van der Waals surface area contributed by atoms with Crippen LogP contribution in [0, 0.1) is 17.3 Å². The van der Waals surface area contributed by atoms with Gasteiger partial charge in [-0.25, -0.2) is 0 Å². The van der Waals surface area contributed by atoms with Gasteiger partial charge in [0.1, 0.15) is 0 Å². The summed E-state index contributed by atoms with van der Waals surface area (Å²) in [5.74, 6) is 0.355. The highest BCUT2D eigenvalue weighted by Gasteiger charge is 2.45. The maximum absolute atomic E-state index is 10.6. The lowest BCUT2D eigenvalue weighted by Crippen LogP contribution is -2.51. The van der Waals surface area contributed by atoms with Crippen LogP contribution in [0.1, 0.15) is 41.5 Å². The van der Waals surface area contributed by atoms with Crippen molar-refractivity contribution in [3.8, 4) is 0 Å². The molecule has 1 N–H and O–H groups in total. The van der Waals surface area contributed by atoms with Crippen molar-refractivity contribution in [3.05, 3.63) is 12.7 Å². The van der Waals surface area contributed by atoms with Crippen molar-refractivity contribution in [1.82, 2.24) is 0 Å². The van der Waals surface area contributed by atoms with Crippen LogP contribution in [0.4, 0.5) is 0 Å². The van der Waals surface area contributed by atoms with E-state index in [4.69, 9.17) is 0 Å². The molecular weight excluding hydrogens is 160 g/mol. The van der Waals surface area contributed by atoms with Gasteiger partial charge in [0.2, 0.25) is 0 Å². The van der Waals surface area contributed by atoms with E-state index in [1.165, 1.54) is 0 Å². The third-order valence-corrected chi connectivity index (χ3v) is 3.13. The summed E-state index contributed by atoms with van der Waals surface area (Å²) in [6, 6.07) is 0. The Kier molecular flexibility index (Phi) is 3.74. The Labute approximate surface area is 82.9 Å². The summed E-state index contributed by atoms with van der Waals surface area (Å²) in [7, 11) is 0. The van der Waals surface area contributed by atoms with Crippen molar-refractivity contribution in [2.24, 2.45) is 17.3 Å². The van der Waals surface area contributed by atoms with Gasteiger partial charge >= 0.3 is 0 Å². The molecule has 0 heterocycles. The Morgan fingerprint density at radius 3 is 1.62 bits per heavy atom. The summed E-state index contributed by atoms with van der Waals surface area (Å²) < 4.78 is 0. The van der Waals surface area contributed by atoms with E-state index in [0.717, 1.165) is 0 Å². The second-order valence-electron chi connectivity index (χ2n) is 5.25. The molecule has 0 saturated heterocycles. The minimum Gasteiger partial charge on any atom is -0.388 e. The average molecular weight is 184 g/mol. The van der Waals surface area contributed by atoms with E-state index in [-0.39, 0.29) is 17.3 Å². The van der Waals surface area contributed by atoms with Gasteiger partial charge in [-0.1, -0.05) is 47.6 Å². The van der Waals surface area contributed by atoms with E-state index < -0.39 is 5.60 Å². The second kappa shape index (κ2) is 3.83. The molecule has 0 amide bonds. The van der Waals surface area contributed by atoms with Crippen molar-refractivity contribution in [3.63, 3.8) is 0 Å². The van der Waals surface area contributed by atoms with Crippen molar-refractivity contribution in [1.29, 1.82) is 0 Å². The predicted molar refractivity (Wildman–Crippen MR) is 58.6 cm³/mol. The van der Waals surface area contributed by atoms with Crippen LogP contribution in [0.5, 0.6) is 0 Å². The quantitative estimate of drug-likeness (QED) is 0.668. The summed E-state index contributed by atoms with van der Waals surface area (Å²) in [4.78, 5) is 0. The van der Waals surface area contributed by atoms with Gasteiger partial charge < -0.3 is 5.11 Å². The topological polar surface area (TPSA) is 20.2 Å². The van der Waals surface area contributed by atoms with Gasteiger partial charge in [-0.2, -0.15) is 0 Å². The molecule has 0 aliphatic heterocycles. The Morgan fingerprint density at radius 2 is 1.54 bits per heavy atom. The Bertz CT molecular complexity index is 176. The molecule has 2 atom stereocenters. The number of rotatable bonds is 3. The van der Waals surface area contributed by atoms with Crippen LogP contribution >= 0.6 is 0 Å². The number of hydrogen-bond donors (Lipinski definition) is 1. The normalized spacial score (nSPS) is 19.7. The summed E-state index contributed by atoms with van der Waals surface area (Å²) in [6.07, 6.45) is 1.84. The van der Waals surface area contributed by atoms with Gasteiger partial charge in [-0.05, 0) is 11.3 Å². The largest absolute Gasteiger partial charge is 0.388 e. The van der Waals surface area contributed by atoms with Crippen molar-refractivity contribution < 1.29 is 5.11 Å². The van der Waals surface area contributed by atoms with Gasteiger partial charge in [0.25, 0.3) is 0 Å². The molecule has 0 bridgehead atoms. The van der Waals surface area contributed by atoms with Crippen LogP contribution in [-0.2, 0) is 0 Å². The maximum atomic E-state index is 10.6. The van der Waals surface area contributed by atoms with Crippen molar-refractivity contribution in [2.45, 2.75) is 47.1 Å². The fourth-order valence-electron chi connectivity index (χ4n) is 2.25. The van der Waals surface area contributed by atoms with Crippen LogP contribution in [-0.4, -0.2) is 10.7 Å². The first-order valence-corrected chi connectivity index (χ1v) is 5.02. The first kappa shape index (κ1) is 12.7. The molecule has 0 spiro atoms. The zero-order chi connectivity index (χ0) is 10.9. The molecule has 2 unspecified atom stereocenters. The van der Waals surface area contributed by atoms with Crippen LogP contribution < -0.4 is 0 Å². The van der Waals surface area contributed by atoms with Gasteiger partial charge in [-0.3, -0.25) is 0 Å². The Hall–Kier alpha value is -0.300. The standard InChI is InChI=1S/C12H24O/c1-8-10(4)12(13,9(2)3)11(5,6)7/h8-10,13H,1H2,2-7H3. The zero-order valence-electron chi connectivity index (χ0n) is 9.89. The molecule has 0 saturated carbocycles. The van der Waals surface area contributed by atoms with E-state index in [9.17, 15) is 5.11 Å². The minimum absolute atomic E-state index is 0.116. The highest BCUT2D eigenvalue weighted by Crippen LogP contribution is 2.42. The number of aliphatic hydroxyl groups is 1.